The summed E-state index contributed by atoms with van der Waals surface area (Å²) in [6.45, 7) is 6.88. The smallest absolute Gasteiger partial charge is 0.252 e. The Balaban J connectivity index is 1.37. The van der Waals surface area contributed by atoms with Crippen LogP contribution in [-0.2, 0) is 0 Å². The molecule has 0 radical (unpaired) electrons. The molecule has 2 saturated heterocycles. The van der Waals surface area contributed by atoms with Gasteiger partial charge in [-0.05, 0) is 69.2 Å². The summed E-state index contributed by atoms with van der Waals surface area (Å²) in [5.74, 6) is 2.09. The summed E-state index contributed by atoms with van der Waals surface area (Å²) in [6, 6.07) is 10.2. The van der Waals surface area contributed by atoms with Gasteiger partial charge in [-0.1, -0.05) is 19.9 Å². The van der Waals surface area contributed by atoms with E-state index in [0.717, 1.165) is 49.2 Å². The maximum Gasteiger partial charge on any atom is 0.252 e. The van der Waals surface area contributed by atoms with Gasteiger partial charge in [-0.2, -0.15) is 0 Å². The molecule has 3 heterocycles. The zero-order chi connectivity index (χ0) is 24.2. The molecule has 0 saturated carbocycles. The van der Waals surface area contributed by atoms with Crippen LogP contribution in [0.5, 0.6) is 5.75 Å². The van der Waals surface area contributed by atoms with E-state index in [9.17, 15) is 9.59 Å². The predicted octanol–water partition coefficient (Wildman–Crippen LogP) is 4.10. The monoisotopic (exact) mass is 464 g/mol. The number of piperidine rings is 1. The molecule has 2 aromatic rings. The molecule has 3 atom stereocenters. The van der Waals surface area contributed by atoms with E-state index >= 15 is 0 Å². The van der Waals surface area contributed by atoms with Gasteiger partial charge in [0.25, 0.3) is 11.8 Å². The number of hydrogen-bond acceptors (Lipinski definition) is 5. The van der Waals surface area contributed by atoms with Crippen LogP contribution in [0.2, 0.25) is 0 Å². The fraction of sp³-hybridized carbons (Fsp3) is 0.519. The van der Waals surface area contributed by atoms with Crippen molar-refractivity contribution < 1.29 is 14.3 Å². The molecule has 34 heavy (non-hydrogen) atoms. The number of methoxy groups -OCH3 is 1. The number of amides is 2. The summed E-state index contributed by atoms with van der Waals surface area (Å²) < 4.78 is 5.37. The number of ether oxygens (including phenoxy) is 1. The number of pyridine rings is 1. The number of anilines is 1. The van der Waals surface area contributed by atoms with Gasteiger partial charge in [0.2, 0.25) is 0 Å². The number of carbonyl (C=O) groups is 2. The third kappa shape index (κ3) is 5.18. The van der Waals surface area contributed by atoms with Gasteiger partial charge in [-0.3, -0.25) is 9.59 Å². The fourth-order valence-electron chi connectivity index (χ4n) is 5.26. The lowest BCUT2D eigenvalue weighted by Gasteiger charge is -2.40. The molecule has 0 aliphatic carbocycles. The highest BCUT2D eigenvalue weighted by Gasteiger charge is 2.41. The van der Waals surface area contributed by atoms with Gasteiger partial charge in [0, 0.05) is 42.0 Å². The fourth-order valence-corrected chi connectivity index (χ4v) is 5.26. The van der Waals surface area contributed by atoms with Gasteiger partial charge in [-0.25, -0.2) is 4.98 Å². The number of aromatic nitrogens is 1. The summed E-state index contributed by atoms with van der Waals surface area (Å²) in [6.07, 6.45) is 6.61. The zero-order valence-electron chi connectivity index (χ0n) is 20.6. The first kappa shape index (κ1) is 24.0. The minimum absolute atomic E-state index is 0.0415. The molecule has 1 aromatic heterocycles. The van der Waals surface area contributed by atoms with E-state index in [1.54, 1.807) is 13.3 Å². The van der Waals surface area contributed by atoms with Crippen LogP contribution in [-0.4, -0.2) is 48.6 Å². The minimum atomic E-state index is -0.0723. The first-order valence-corrected chi connectivity index (χ1v) is 12.3. The van der Waals surface area contributed by atoms with Crippen molar-refractivity contribution in [2.75, 3.05) is 18.6 Å². The normalized spacial score (nSPS) is 21.4. The molecular formula is C27H36N4O3. The minimum Gasteiger partial charge on any atom is -0.496 e. The molecule has 2 fully saturated rings. The second kappa shape index (κ2) is 10.5. The Morgan fingerprint density at radius 2 is 1.85 bits per heavy atom. The predicted molar refractivity (Wildman–Crippen MR) is 134 cm³/mol. The summed E-state index contributed by atoms with van der Waals surface area (Å²) >= 11 is 0. The molecule has 2 aliphatic rings. The van der Waals surface area contributed by atoms with Crippen molar-refractivity contribution >= 4 is 17.6 Å². The third-order valence-electron chi connectivity index (χ3n) is 7.10. The Morgan fingerprint density at radius 3 is 2.47 bits per heavy atom. The van der Waals surface area contributed by atoms with E-state index in [0.29, 0.717) is 35.7 Å². The van der Waals surface area contributed by atoms with Crippen LogP contribution in [0.1, 0.15) is 72.2 Å². The first-order valence-electron chi connectivity index (χ1n) is 12.3. The van der Waals surface area contributed by atoms with Crippen molar-refractivity contribution in [1.82, 2.24) is 15.6 Å². The largest absolute Gasteiger partial charge is 0.496 e. The molecule has 7 nitrogen and oxygen atoms in total. The van der Waals surface area contributed by atoms with Gasteiger partial charge in [0.15, 0.2) is 0 Å². The number of rotatable bonds is 8. The Labute approximate surface area is 202 Å². The summed E-state index contributed by atoms with van der Waals surface area (Å²) in [4.78, 5) is 32.4. The lowest BCUT2D eigenvalue weighted by Crippen LogP contribution is -2.50. The van der Waals surface area contributed by atoms with Crippen LogP contribution in [0.3, 0.4) is 0 Å². The van der Waals surface area contributed by atoms with Crippen molar-refractivity contribution in [3.05, 3.63) is 53.2 Å². The highest BCUT2D eigenvalue weighted by atomic mass is 16.5. The maximum absolute atomic E-state index is 13.0. The number of carbonyl (C=O) groups excluding carboxylic acids is 2. The SMILES string of the molecule is COc1cccc(C(=O)N[C@H]2C[C@H]3CC[C@@H](C2)N3c2ccc(C(=O)NCCC(C)C)cn2)c1C. The molecule has 2 bridgehead atoms. The van der Waals surface area contributed by atoms with Crippen LogP contribution in [0.15, 0.2) is 36.5 Å². The number of fused-ring (bicyclic) bond motifs is 2. The molecule has 1 aromatic carbocycles. The second-order valence-corrected chi connectivity index (χ2v) is 9.91. The Hall–Kier alpha value is -3.09. The van der Waals surface area contributed by atoms with Crippen molar-refractivity contribution in [1.29, 1.82) is 0 Å². The standard InChI is InChI=1S/C27H36N4O3/c1-17(2)12-13-28-26(32)19-8-11-25(29-16-19)31-21-9-10-22(31)15-20(14-21)30-27(33)23-6-5-7-24(34-4)18(23)3/h5-8,11,16-17,20-22H,9-10,12-15H2,1-4H3,(H,28,32)(H,30,33)/t20-,21+,22-. The molecule has 2 N–H and O–H groups in total. The van der Waals surface area contributed by atoms with Crippen molar-refractivity contribution in [3.63, 3.8) is 0 Å². The van der Waals surface area contributed by atoms with E-state index in [2.05, 4.69) is 34.4 Å². The lowest BCUT2D eigenvalue weighted by molar-refractivity contribution is 0.0923. The second-order valence-electron chi connectivity index (χ2n) is 9.91. The van der Waals surface area contributed by atoms with E-state index in [-0.39, 0.29) is 17.9 Å². The molecule has 4 rings (SSSR count). The van der Waals surface area contributed by atoms with Gasteiger partial charge < -0.3 is 20.3 Å². The quantitative estimate of drug-likeness (QED) is 0.614. The van der Waals surface area contributed by atoms with Crippen LogP contribution >= 0.6 is 0 Å². The number of nitrogens with zero attached hydrogens (tertiary/aromatic N) is 2. The molecule has 2 amide bonds. The maximum atomic E-state index is 13.0. The Bertz CT molecular complexity index is 1010. The van der Waals surface area contributed by atoms with Gasteiger partial charge in [0.1, 0.15) is 11.6 Å². The number of benzene rings is 1. The van der Waals surface area contributed by atoms with Gasteiger partial charge in [-0.15, -0.1) is 0 Å². The summed E-state index contributed by atoms with van der Waals surface area (Å²) in [5, 5.41) is 6.22. The molecule has 182 valence electrons. The zero-order valence-corrected chi connectivity index (χ0v) is 20.6. The topological polar surface area (TPSA) is 83.6 Å². The molecule has 7 heteroatoms. The third-order valence-corrected chi connectivity index (χ3v) is 7.10. The summed E-state index contributed by atoms with van der Waals surface area (Å²) in [5.41, 5.74) is 2.12. The van der Waals surface area contributed by atoms with Crippen LogP contribution < -0.4 is 20.3 Å². The number of hydrogen-bond donors (Lipinski definition) is 2. The van der Waals surface area contributed by atoms with Crippen LogP contribution in [0.25, 0.3) is 0 Å². The molecule has 2 aliphatic heterocycles. The van der Waals surface area contributed by atoms with Crippen LogP contribution in [0, 0.1) is 12.8 Å². The lowest BCUT2D eigenvalue weighted by atomic mass is 9.96. The van der Waals surface area contributed by atoms with Crippen molar-refractivity contribution in [2.45, 2.75) is 71.0 Å². The highest BCUT2D eigenvalue weighted by Crippen LogP contribution is 2.38. The molecule has 0 spiro atoms. The Morgan fingerprint density at radius 1 is 1.12 bits per heavy atom. The van der Waals surface area contributed by atoms with Gasteiger partial charge >= 0.3 is 0 Å². The Kier molecular flexibility index (Phi) is 7.39. The van der Waals surface area contributed by atoms with Crippen molar-refractivity contribution in [2.24, 2.45) is 5.92 Å². The van der Waals surface area contributed by atoms with E-state index in [1.807, 2.05) is 37.3 Å². The summed E-state index contributed by atoms with van der Waals surface area (Å²) in [7, 11) is 1.62. The van der Waals surface area contributed by atoms with E-state index in [1.165, 1.54) is 0 Å². The van der Waals surface area contributed by atoms with Gasteiger partial charge in [0.05, 0.1) is 12.7 Å². The van der Waals surface area contributed by atoms with Crippen LogP contribution in [0.4, 0.5) is 5.82 Å². The molecular weight excluding hydrogens is 428 g/mol. The average Bonchev–Trinajstić information content (AvgIpc) is 3.09. The highest BCUT2D eigenvalue weighted by molar-refractivity contribution is 5.96. The average molecular weight is 465 g/mol. The van der Waals surface area contributed by atoms with E-state index in [4.69, 9.17) is 4.74 Å². The van der Waals surface area contributed by atoms with Crippen molar-refractivity contribution in [3.8, 4) is 5.75 Å². The molecule has 0 unspecified atom stereocenters. The van der Waals surface area contributed by atoms with E-state index < -0.39 is 0 Å². The first-order chi connectivity index (χ1) is 16.4. The number of nitrogens with one attached hydrogen (secondary N) is 2.